The van der Waals surface area contributed by atoms with Crippen LogP contribution < -0.4 is 26.3 Å². The third-order valence-electron chi connectivity index (χ3n) is 5.86. The second-order valence-corrected chi connectivity index (χ2v) is 8.19. The van der Waals surface area contributed by atoms with Gasteiger partial charge in [0.15, 0.2) is 5.65 Å². The number of imidazole rings is 1. The van der Waals surface area contributed by atoms with E-state index in [1.165, 1.54) is 0 Å². The van der Waals surface area contributed by atoms with E-state index in [0.717, 1.165) is 38.4 Å². The van der Waals surface area contributed by atoms with Crippen LogP contribution in [0.15, 0.2) is 40.4 Å². The van der Waals surface area contributed by atoms with Crippen LogP contribution in [0, 0.1) is 0 Å². The molecule has 1 fully saturated rings. The minimum atomic E-state index is -0.492. The lowest BCUT2D eigenvalue weighted by Crippen LogP contribution is -2.48. The van der Waals surface area contributed by atoms with Crippen molar-refractivity contribution >= 4 is 23.5 Å². The van der Waals surface area contributed by atoms with Crippen molar-refractivity contribution in [1.82, 2.24) is 34.5 Å². The maximum atomic E-state index is 11.5. The van der Waals surface area contributed by atoms with Gasteiger partial charge >= 0.3 is 5.69 Å². The maximum Gasteiger partial charge on any atom is 0.326 e. The number of hydrogen-bond acceptors (Lipinski definition) is 9. The van der Waals surface area contributed by atoms with Crippen LogP contribution in [-0.2, 0) is 0 Å². The molecule has 0 amide bonds. The van der Waals surface area contributed by atoms with Gasteiger partial charge in [0, 0.05) is 37.6 Å². The minimum Gasteiger partial charge on any atom is -0.493 e. The van der Waals surface area contributed by atoms with Gasteiger partial charge in [0.25, 0.3) is 5.62 Å². The highest BCUT2D eigenvalue weighted by Crippen LogP contribution is 2.15. The number of aromatic hydroxyl groups is 1. The summed E-state index contributed by atoms with van der Waals surface area (Å²) < 4.78 is 1.59. The molecule has 34 heavy (non-hydrogen) atoms. The van der Waals surface area contributed by atoms with Crippen molar-refractivity contribution in [2.45, 2.75) is 26.3 Å². The van der Waals surface area contributed by atoms with Crippen LogP contribution in [0.4, 0.5) is 11.8 Å². The lowest BCUT2D eigenvalue weighted by molar-refractivity contribution is 0.454. The Labute approximate surface area is 194 Å². The van der Waals surface area contributed by atoms with Crippen molar-refractivity contribution in [3.63, 3.8) is 0 Å². The minimum absolute atomic E-state index is 0.0636. The van der Waals surface area contributed by atoms with E-state index < -0.39 is 5.69 Å². The first-order valence-electron chi connectivity index (χ1n) is 11.3. The smallest absolute Gasteiger partial charge is 0.326 e. The Morgan fingerprint density at radius 3 is 2.65 bits per heavy atom. The number of nitrogens with one attached hydrogen (secondary N) is 2. The molecule has 1 aliphatic rings. The summed E-state index contributed by atoms with van der Waals surface area (Å²) >= 11 is 0. The molecule has 0 aliphatic carbocycles. The van der Waals surface area contributed by atoms with Gasteiger partial charge in [-0.05, 0) is 31.6 Å². The molecule has 0 aromatic carbocycles. The Kier molecular flexibility index (Phi) is 5.70. The van der Waals surface area contributed by atoms with E-state index in [0.29, 0.717) is 22.4 Å². The number of piperazine rings is 1. The molecular weight excluding hydrogens is 436 g/mol. The molecule has 0 saturated carbocycles. The van der Waals surface area contributed by atoms with Crippen LogP contribution in [0.2, 0.25) is 0 Å². The van der Waals surface area contributed by atoms with Crippen LogP contribution in [0.25, 0.3) is 11.7 Å². The quantitative estimate of drug-likeness (QED) is 0.370. The van der Waals surface area contributed by atoms with E-state index in [1.807, 2.05) is 25.1 Å². The van der Waals surface area contributed by atoms with E-state index in [1.54, 1.807) is 23.0 Å². The molecule has 1 unspecified atom stereocenters. The number of rotatable bonds is 5. The number of aromatic nitrogens is 7. The number of fused-ring (bicyclic) bond motifs is 1. The molecule has 5 heterocycles. The molecule has 12 heteroatoms. The Morgan fingerprint density at radius 2 is 1.97 bits per heavy atom. The number of pyridine rings is 1. The van der Waals surface area contributed by atoms with Gasteiger partial charge in [0.2, 0.25) is 11.8 Å². The molecule has 1 saturated heterocycles. The molecule has 1 aliphatic heterocycles. The van der Waals surface area contributed by atoms with Crippen LogP contribution in [0.3, 0.4) is 0 Å². The molecular formula is C22H26N10O2. The maximum absolute atomic E-state index is 11.5. The summed E-state index contributed by atoms with van der Waals surface area (Å²) in [4.78, 5) is 39.5. The predicted octanol–water partition coefficient (Wildman–Crippen LogP) is -0.185. The first kappa shape index (κ1) is 21.6. The fraction of sp³-hybridized carbons (Fsp3) is 0.364. The zero-order valence-corrected chi connectivity index (χ0v) is 19.0. The average Bonchev–Trinajstić information content (AvgIpc) is 3.41. The van der Waals surface area contributed by atoms with Crippen molar-refractivity contribution in [2.75, 3.05) is 36.0 Å². The van der Waals surface area contributed by atoms with Crippen molar-refractivity contribution in [2.24, 2.45) is 4.99 Å². The number of hydrogen-bond donors (Lipinski definition) is 3. The SMILES string of the molecule is CCC(C)N=c1nc(N2CCN(c3ccccn3)CC2)nc2c(=Cc3[nH]c(=O)[nH]c3O)cnn12. The van der Waals surface area contributed by atoms with Crippen molar-refractivity contribution in [3.8, 4) is 5.88 Å². The number of H-pyrrole nitrogens is 2. The van der Waals surface area contributed by atoms with Gasteiger partial charge in [-0.3, -0.25) is 4.98 Å². The highest BCUT2D eigenvalue weighted by Gasteiger charge is 2.21. The average molecular weight is 463 g/mol. The normalized spacial score (nSPS) is 16.5. The monoisotopic (exact) mass is 462 g/mol. The molecule has 0 bridgehead atoms. The number of anilines is 2. The summed E-state index contributed by atoms with van der Waals surface area (Å²) in [5, 5.41) is 15.0. The molecule has 4 aromatic rings. The van der Waals surface area contributed by atoms with Crippen LogP contribution in [0.1, 0.15) is 26.0 Å². The van der Waals surface area contributed by atoms with Crippen LogP contribution in [0.5, 0.6) is 5.88 Å². The highest BCUT2D eigenvalue weighted by molar-refractivity contribution is 5.57. The zero-order valence-electron chi connectivity index (χ0n) is 19.0. The van der Waals surface area contributed by atoms with Gasteiger partial charge in [-0.2, -0.15) is 19.6 Å². The molecule has 3 N–H and O–H groups in total. The Hall–Kier alpha value is -4.22. The van der Waals surface area contributed by atoms with E-state index >= 15 is 0 Å². The number of aromatic amines is 2. The predicted molar refractivity (Wildman–Crippen MR) is 127 cm³/mol. The number of nitrogens with zero attached hydrogens (tertiary/aromatic N) is 8. The summed E-state index contributed by atoms with van der Waals surface area (Å²) in [6.07, 6.45) is 5.91. The second-order valence-electron chi connectivity index (χ2n) is 8.19. The highest BCUT2D eigenvalue weighted by atomic mass is 16.3. The first-order chi connectivity index (χ1) is 16.5. The van der Waals surface area contributed by atoms with Crippen LogP contribution in [-0.4, -0.2) is 71.9 Å². The summed E-state index contributed by atoms with van der Waals surface area (Å²) in [6.45, 7) is 7.14. The molecule has 4 aromatic heterocycles. The van der Waals surface area contributed by atoms with Crippen molar-refractivity contribution in [1.29, 1.82) is 0 Å². The zero-order chi connectivity index (χ0) is 23.7. The van der Waals surface area contributed by atoms with Crippen LogP contribution >= 0.6 is 0 Å². The van der Waals surface area contributed by atoms with Gasteiger partial charge in [-0.25, -0.2) is 14.8 Å². The largest absolute Gasteiger partial charge is 0.493 e. The van der Waals surface area contributed by atoms with E-state index in [2.05, 4.69) is 36.8 Å². The third-order valence-corrected chi connectivity index (χ3v) is 5.86. The summed E-state index contributed by atoms with van der Waals surface area (Å²) in [6, 6.07) is 5.97. The lowest BCUT2D eigenvalue weighted by atomic mass is 10.3. The second kappa shape index (κ2) is 8.96. The topological polar surface area (TPSA) is 144 Å². The van der Waals surface area contributed by atoms with Gasteiger partial charge in [0.1, 0.15) is 11.5 Å². The Balaban J connectivity index is 1.55. The van der Waals surface area contributed by atoms with E-state index in [-0.39, 0.29) is 17.6 Å². The molecule has 0 radical (unpaired) electrons. The lowest BCUT2D eigenvalue weighted by Gasteiger charge is -2.35. The summed E-state index contributed by atoms with van der Waals surface area (Å²) in [7, 11) is 0. The Bertz CT molecular complexity index is 1470. The third kappa shape index (κ3) is 4.21. The fourth-order valence-corrected chi connectivity index (χ4v) is 3.81. The van der Waals surface area contributed by atoms with E-state index in [4.69, 9.17) is 15.0 Å². The van der Waals surface area contributed by atoms with Gasteiger partial charge in [-0.15, -0.1) is 0 Å². The molecule has 176 valence electrons. The summed E-state index contributed by atoms with van der Waals surface area (Å²) in [5.41, 5.74) is 0.770. The molecule has 12 nitrogen and oxygen atoms in total. The summed E-state index contributed by atoms with van der Waals surface area (Å²) in [5.74, 6) is 1.28. The molecule has 5 rings (SSSR count). The fourth-order valence-electron chi connectivity index (χ4n) is 3.81. The Morgan fingerprint density at radius 1 is 1.18 bits per heavy atom. The van der Waals surface area contributed by atoms with Crippen molar-refractivity contribution in [3.05, 3.63) is 57.6 Å². The van der Waals surface area contributed by atoms with E-state index in [9.17, 15) is 9.90 Å². The van der Waals surface area contributed by atoms with Crippen molar-refractivity contribution < 1.29 is 5.11 Å². The van der Waals surface area contributed by atoms with Gasteiger partial charge in [-0.1, -0.05) is 13.0 Å². The molecule has 0 spiro atoms. The van der Waals surface area contributed by atoms with Gasteiger partial charge < -0.3 is 19.9 Å². The standard InChI is InChI=1S/C22H26N10O2/c1-3-14(2)25-21-29-20(31-10-8-30(9-11-31)17-6-4-5-7-23-17)27-18-15(13-24-32(18)21)12-16-19(33)28-22(34)26-16/h4-7,12-14,33H,3,8-11H2,1-2H3,(H2,26,28,34). The molecule has 1 atom stereocenters. The first-order valence-corrected chi connectivity index (χ1v) is 11.3. The van der Waals surface area contributed by atoms with Gasteiger partial charge in [0.05, 0.1) is 12.2 Å².